The number of hydrogen-bond acceptors (Lipinski definition) is 2. The van der Waals surface area contributed by atoms with Gasteiger partial charge < -0.3 is 15.0 Å². The van der Waals surface area contributed by atoms with E-state index in [1.165, 1.54) is 10.6 Å². The van der Waals surface area contributed by atoms with Gasteiger partial charge in [-0.3, -0.25) is 4.79 Å². The number of halogens is 2. The highest BCUT2D eigenvalue weighted by Gasteiger charge is 2.33. The second-order valence-corrected chi connectivity index (χ2v) is 6.10. The second-order valence-electron chi connectivity index (χ2n) is 5.34. The smallest absolute Gasteiger partial charge is 0.326 e. The Bertz CT molecular complexity index is 518. The van der Waals surface area contributed by atoms with Gasteiger partial charge in [0.25, 0.3) is 5.91 Å². The summed E-state index contributed by atoms with van der Waals surface area (Å²) in [4.78, 5) is 23.3. The molecule has 0 aromatic carbocycles. The van der Waals surface area contributed by atoms with Crippen molar-refractivity contribution in [2.24, 2.45) is 12.5 Å². The molecule has 5 nitrogen and oxygen atoms in total. The van der Waals surface area contributed by atoms with Gasteiger partial charge in [-0.25, -0.2) is 4.79 Å². The van der Waals surface area contributed by atoms with Gasteiger partial charge in [0, 0.05) is 7.05 Å². The summed E-state index contributed by atoms with van der Waals surface area (Å²) in [5.74, 6) is -1.62. The van der Waals surface area contributed by atoms with Crippen LogP contribution in [0.4, 0.5) is 0 Å². The number of hydrogen-bond donors (Lipinski definition) is 2. The molecule has 0 aliphatic carbocycles. The summed E-state index contributed by atoms with van der Waals surface area (Å²) in [5.41, 5.74) is -0.397. The van der Waals surface area contributed by atoms with Crippen LogP contribution in [0.15, 0.2) is 6.07 Å². The van der Waals surface area contributed by atoms with Crippen molar-refractivity contribution in [3.63, 3.8) is 0 Å². The Morgan fingerprint density at radius 2 is 1.89 bits per heavy atom. The molecule has 0 saturated carbocycles. The average Bonchev–Trinajstić information content (AvgIpc) is 2.51. The lowest BCUT2D eigenvalue weighted by atomic mass is 9.86. The number of carbonyl (C=O) groups excluding carboxylic acids is 1. The number of amides is 1. The third kappa shape index (κ3) is 3.42. The Morgan fingerprint density at radius 3 is 2.21 bits per heavy atom. The molecule has 0 spiro atoms. The van der Waals surface area contributed by atoms with Crippen LogP contribution >= 0.6 is 23.2 Å². The van der Waals surface area contributed by atoms with Gasteiger partial charge in [-0.1, -0.05) is 44.0 Å². The zero-order valence-corrected chi connectivity index (χ0v) is 12.6. The van der Waals surface area contributed by atoms with Crippen LogP contribution in [0, 0.1) is 5.41 Å². The molecule has 1 rings (SSSR count). The lowest BCUT2D eigenvalue weighted by molar-refractivity contribution is -0.142. The van der Waals surface area contributed by atoms with Crippen LogP contribution in [0.1, 0.15) is 31.3 Å². The minimum absolute atomic E-state index is 0.213. The van der Waals surface area contributed by atoms with E-state index in [-0.39, 0.29) is 15.9 Å². The third-order valence-electron chi connectivity index (χ3n) is 2.74. The number of aliphatic carboxylic acids is 1. The quantitative estimate of drug-likeness (QED) is 0.901. The normalized spacial score (nSPS) is 13.2. The summed E-state index contributed by atoms with van der Waals surface area (Å²) in [6.07, 6.45) is 0. The fraction of sp³-hybridized carbons (Fsp3) is 0.500. The van der Waals surface area contributed by atoms with Crippen molar-refractivity contribution in [2.45, 2.75) is 26.8 Å². The van der Waals surface area contributed by atoms with E-state index in [4.69, 9.17) is 28.3 Å². The number of nitrogens with zero attached hydrogens (tertiary/aromatic N) is 1. The first-order valence-corrected chi connectivity index (χ1v) is 6.35. The van der Waals surface area contributed by atoms with E-state index in [1.54, 1.807) is 27.8 Å². The van der Waals surface area contributed by atoms with Crippen molar-refractivity contribution < 1.29 is 14.7 Å². The molecule has 7 heteroatoms. The zero-order valence-electron chi connectivity index (χ0n) is 11.1. The number of carboxylic acids is 1. The van der Waals surface area contributed by atoms with Crippen molar-refractivity contribution in [3.05, 3.63) is 21.9 Å². The van der Waals surface area contributed by atoms with Crippen molar-refractivity contribution in [2.75, 3.05) is 0 Å². The Kier molecular flexibility index (Phi) is 4.53. The van der Waals surface area contributed by atoms with E-state index in [0.717, 1.165) is 0 Å². The zero-order chi connectivity index (χ0) is 15.0. The highest BCUT2D eigenvalue weighted by molar-refractivity contribution is 6.41. The van der Waals surface area contributed by atoms with Gasteiger partial charge in [0.15, 0.2) is 0 Å². The molecule has 0 fully saturated rings. The van der Waals surface area contributed by atoms with Crippen LogP contribution in [0.3, 0.4) is 0 Å². The maximum absolute atomic E-state index is 12.1. The molecule has 0 aliphatic heterocycles. The molecule has 1 amide bonds. The van der Waals surface area contributed by atoms with E-state index in [0.29, 0.717) is 0 Å². The second kappa shape index (κ2) is 5.43. The van der Waals surface area contributed by atoms with Gasteiger partial charge in [-0.15, -0.1) is 0 Å². The summed E-state index contributed by atoms with van der Waals surface area (Å²) in [6, 6.07) is 0.397. The summed E-state index contributed by atoms with van der Waals surface area (Å²) in [7, 11) is 1.58. The fourth-order valence-electron chi connectivity index (χ4n) is 1.61. The maximum atomic E-state index is 12.1. The molecular formula is C12H16Cl2N2O3. The Balaban J connectivity index is 3.01. The monoisotopic (exact) mass is 306 g/mol. The highest BCUT2D eigenvalue weighted by Crippen LogP contribution is 2.26. The molecule has 0 bridgehead atoms. The lowest BCUT2D eigenvalue weighted by Gasteiger charge is -2.27. The molecule has 0 unspecified atom stereocenters. The minimum atomic E-state index is -1.09. The number of nitrogens with one attached hydrogen (secondary N) is 1. The molecule has 0 radical (unpaired) electrons. The van der Waals surface area contributed by atoms with Crippen LogP contribution < -0.4 is 5.32 Å². The fourth-order valence-corrected chi connectivity index (χ4v) is 1.99. The number of carboxylic acid groups (broad SMARTS) is 1. The number of carbonyl (C=O) groups is 2. The largest absolute Gasteiger partial charge is 0.480 e. The van der Waals surface area contributed by atoms with E-state index < -0.39 is 23.3 Å². The molecule has 0 aliphatic rings. The molecule has 106 valence electrons. The lowest BCUT2D eigenvalue weighted by Crippen LogP contribution is -2.49. The molecule has 0 saturated heterocycles. The maximum Gasteiger partial charge on any atom is 0.326 e. The van der Waals surface area contributed by atoms with Crippen LogP contribution in [0.2, 0.25) is 10.2 Å². The summed E-state index contributed by atoms with van der Waals surface area (Å²) >= 11 is 11.7. The van der Waals surface area contributed by atoms with Crippen molar-refractivity contribution in [1.29, 1.82) is 0 Å². The van der Waals surface area contributed by atoms with Gasteiger partial charge >= 0.3 is 5.97 Å². The van der Waals surface area contributed by atoms with Gasteiger partial charge in [0.05, 0.1) is 5.02 Å². The molecule has 1 heterocycles. The molecular weight excluding hydrogens is 291 g/mol. The topological polar surface area (TPSA) is 71.3 Å². The van der Waals surface area contributed by atoms with Crippen LogP contribution in [-0.4, -0.2) is 27.6 Å². The summed E-state index contributed by atoms with van der Waals surface area (Å²) in [6.45, 7) is 5.20. The average molecular weight is 307 g/mol. The van der Waals surface area contributed by atoms with E-state index in [9.17, 15) is 9.59 Å². The molecule has 2 N–H and O–H groups in total. The van der Waals surface area contributed by atoms with Crippen molar-refractivity contribution in [1.82, 2.24) is 9.88 Å². The first-order chi connectivity index (χ1) is 8.55. The Hall–Kier alpha value is -1.20. The van der Waals surface area contributed by atoms with Crippen molar-refractivity contribution in [3.8, 4) is 0 Å². The number of rotatable bonds is 3. The predicted octanol–water partition coefficient (Wildman–Crippen LogP) is 2.56. The van der Waals surface area contributed by atoms with E-state index in [1.807, 2.05) is 0 Å². The Morgan fingerprint density at radius 1 is 1.37 bits per heavy atom. The number of aromatic nitrogens is 1. The van der Waals surface area contributed by atoms with Gasteiger partial charge in [-0.05, 0) is 11.5 Å². The van der Waals surface area contributed by atoms with Gasteiger partial charge in [0.1, 0.15) is 16.9 Å². The van der Waals surface area contributed by atoms with Crippen LogP contribution in [-0.2, 0) is 11.8 Å². The summed E-state index contributed by atoms with van der Waals surface area (Å²) in [5, 5.41) is 12.1. The third-order valence-corrected chi connectivity index (χ3v) is 3.58. The van der Waals surface area contributed by atoms with Crippen LogP contribution in [0.5, 0.6) is 0 Å². The molecule has 1 aromatic rings. The highest BCUT2D eigenvalue weighted by atomic mass is 35.5. The van der Waals surface area contributed by atoms with E-state index >= 15 is 0 Å². The van der Waals surface area contributed by atoms with E-state index in [2.05, 4.69) is 5.32 Å². The molecule has 19 heavy (non-hydrogen) atoms. The Labute approximate surface area is 121 Å². The molecule has 1 atom stereocenters. The standard InChI is InChI=1S/C12H16Cl2N2O3/c1-12(2,3)8(11(18)19)15-10(17)7-5-6(13)9(14)16(7)4/h5,8H,1-4H3,(H,15,17)(H,18,19)/t8-/m0/s1. The molecule has 1 aromatic heterocycles. The van der Waals surface area contributed by atoms with Gasteiger partial charge in [0.2, 0.25) is 0 Å². The van der Waals surface area contributed by atoms with Gasteiger partial charge in [-0.2, -0.15) is 0 Å². The van der Waals surface area contributed by atoms with Crippen LogP contribution in [0.25, 0.3) is 0 Å². The SMILES string of the molecule is Cn1c(C(=O)N[C@@H](C(=O)O)C(C)(C)C)cc(Cl)c1Cl. The predicted molar refractivity (Wildman–Crippen MR) is 73.8 cm³/mol. The minimum Gasteiger partial charge on any atom is -0.480 e. The van der Waals surface area contributed by atoms with Crippen molar-refractivity contribution >= 4 is 35.1 Å². The first kappa shape index (κ1) is 15.9. The summed E-state index contributed by atoms with van der Waals surface area (Å²) < 4.78 is 1.40. The first-order valence-electron chi connectivity index (χ1n) is 5.60.